The van der Waals surface area contributed by atoms with E-state index in [2.05, 4.69) is 22.1 Å². The third-order valence-corrected chi connectivity index (χ3v) is 2.13. The van der Waals surface area contributed by atoms with E-state index in [0.29, 0.717) is 16.7 Å². The first-order chi connectivity index (χ1) is 6.99. The summed E-state index contributed by atoms with van der Waals surface area (Å²) < 4.78 is 0. The Kier molecular flexibility index (Phi) is 4.17. The van der Waals surface area contributed by atoms with Gasteiger partial charge in [0, 0.05) is 12.6 Å². The molecule has 0 fully saturated rings. The Morgan fingerprint density at radius 3 is 2.80 bits per heavy atom. The third-order valence-electron chi connectivity index (χ3n) is 1.91. The van der Waals surface area contributed by atoms with E-state index in [1.54, 1.807) is 12.1 Å². The Morgan fingerprint density at radius 2 is 2.20 bits per heavy atom. The summed E-state index contributed by atoms with van der Waals surface area (Å²) in [5.74, 6) is 0.650. The average molecular weight is 229 g/mol. The van der Waals surface area contributed by atoms with E-state index in [4.69, 9.17) is 17.3 Å². The fourth-order valence-corrected chi connectivity index (χ4v) is 1.54. The first-order valence-corrected chi connectivity index (χ1v) is 5.20. The van der Waals surface area contributed by atoms with Crippen LogP contribution in [0.25, 0.3) is 0 Å². The molecule has 0 aromatic carbocycles. The van der Waals surface area contributed by atoms with E-state index in [1.165, 1.54) is 0 Å². The molecule has 15 heavy (non-hydrogen) atoms. The molecular weight excluding hydrogens is 212 g/mol. The largest absolute Gasteiger partial charge is 0.396 e. The van der Waals surface area contributed by atoms with Gasteiger partial charge in [-0.1, -0.05) is 11.6 Å². The predicted octanol–water partition coefficient (Wildman–Crippen LogP) is 1.68. The van der Waals surface area contributed by atoms with Crippen LogP contribution < -0.4 is 11.1 Å². The number of pyridine rings is 1. The Labute approximate surface area is 95.4 Å². The molecule has 84 valence electrons. The summed E-state index contributed by atoms with van der Waals surface area (Å²) in [4.78, 5) is 6.23. The van der Waals surface area contributed by atoms with Gasteiger partial charge in [-0.05, 0) is 33.2 Å². The van der Waals surface area contributed by atoms with Gasteiger partial charge in [0.1, 0.15) is 5.15 Å². The summed E-state index contributed by atoms with van der Waals surface area (Å²) in [6, 6.07) is 3.70. The SMILES string of the molecule is CC(CN(C)C)Nc1nc(Cl)ccc1N. The average Bonchev–Trinajstić information content (AvgIpc) is 2.10. The first-order valence-electron chi connectivity index (χ1n) is 4.82. The number of hydrogen-bond acceptors (Lipinski definition) is 4. The van der Waals surface area contributed by atoms with Crippen LogP contribution in [0.4, 0.5) is 11.5 Å². The van der Waals surface area contributed by atoms with E-state index in [0.717, 1.165) is 6.54 Å². The lowest BCUT2D eigenvalue weighted by molar-refractivity contribution is 0.392. The normalized spacial score (nSPS) is 12.9. The molecule has 0 bridgehead atoms. The highest BCUT2D eigenvalue weighted by Gasteiger charge is 2.07. The van der Waals surface area contributed by atoms with Crippen molar-refractivity contribution in [2.45, 2.75) is 13.0 Å². The zero-order valence-electron chi connectivity index (χ0n) is 9.29. The summed E-state index contributed by atoms with van der Waals surface area (Å²) in [7, 11) is 4.04. The predicted molar refractivity (Wildman–Crippen MR) is 65.3 cm³/mol. The van der Waals surface area contributed by atoms with Crippen molar-refractivity contribution in [1.29, 1.82) is 0 Å². The minimum Gasteiger partial charge on any atom is -0.396 e. The Hall–Kier alpha value is -1.00. The molecule has 4 nitrogen and oxygen atoms in total. The Bertz CT molecular complexity index is 327. The fourth-order valence-electron chi connectivity index (χ4n) is 1.39. The number of nitrogens with one attached hydrogen (secondary N) is 1. The number of halogens is 1. The zero-order chi connectivity index (χ0) is 11.4. The van der Waals surface area contributed by atoms with E-state index in [-0.39, 0.29) is 6.04 Å². The minimum absolute atomic E-state index is 0.272. The highest BCUT2D eigenvalue weighted by molar-refractivity contribution is 6.29. The van der Waals surface area contributed by atoms with Gasteiger partial charge in [-0.25, -0.2) is 4.98 Å². The monoisotopic (exact) mass is 228 g/mol. The molecule has 0 aliphatic carbocycles. The lowest BCUT2D eigenvalue weighted by atomic mass is 10.3. The van der Waals surface area contributed by atoms with Crippen molar-refractivity contribution in [3.05, 3.63) is 17.3 Å². The van der Waals surface area contributed by atoms with Crippen molar-refractivity contribution in [3.8, 4) is 0 Å². The molecule has 1 rings (SSSR count). The van der Waals surface area contributed by atoms with Gasteiger partial charge >= 0.3 is 0 Å². The standard InChI is InChI=1S/C10H17ClN4/c1-7(6-15(2)3)13-10-8(12)4-5-9(11)14-10/h4-5,7H,6,12H2,1-3H3,(H,13,14). The molecule has 1 aromatic rings. The van der Waals surface area contributed by atoms with Crippen LogP contribution in [-0.2, 0) is 0 Å². The second-order valence-electron chi connectivity index (χ2n) is 3.88. The summed E-state index contributed by atoms with van der Waals surface area (Å²) in [6.45, 7) is 2.98. The molecule has 0 aliphatic heterocycles. The Balaban J connectivity index is 2.67. The fraction of sp³-hybridized carbons (Fsp3) is 0.500. The molecule has 3 N–H and O–H groups in total. The van der Waals surface area contributed by atoms with Crippen LogP contribution in [0, 0.1) is 0 Å². The maximum absolute atomic E-state index is 5.79. The summed E-state index contributed by atoms with van der Waals surface area (Å²) in [5, 5.41) is 3.67. The number of rotatable bonds is 4. The van der Waals surface area contributed by atoms with Gasteiger partial charge in [0.2, 0.25) is 0 Å². The topological polar surface area (TPSA) is 54.2 Å². The van der Waals surface area contributed by atoms with Gasteiger partial charge in [0.15, 0.2) is 5.82 Å². The van der Waals surface area contributed by atoms with Crippen LogP contribution in [0.3, 0.4) is 0 Å². The van der Waals surface area contributed by atoms with Crippen molar-refractivity contribution in [1.82, 2.24) is 9.88 Å². The second kappa shape index (κ2) is 5.19. The van der Waals surface area contributed by atoms with Crippen molar-refractivity contribution < 1.29 is 0 Å². The third kappa shape index (κ3) is 3.93. The van der Waals surface area contributed by atoms with Crippen LogP contribution in [0.2, 0.25) is 5.15 Å². The van der Waals surface area contributed by atoms with Gasteiger partial charge in [0.05, 0.1) is 5.69 Å². The summed E-state index contributed by atoms with van der Waals surface area (Å²) in [6.07, 6.45) is 0. The smallest absolute Gasteiger partial charge is 0.151 e. The molecule has 0 amide bonds. The highest BCUT2D eigenvalue weighted by atomic mass is 35.5. The quantitative estimate of drug-likeness (QED) is 0.770. The maximum Gasteiger partial charge on any atom is 0.151 e. The second-order valence-corrected chi connectivity index (χ2v) is 4.27. The molecule has 0 spiro atoms. The molecule has 1 atom stereocenters. The number of nitrogen functional groups attached to an aromatic ring is 1. The number of likely N-dealkylation sites (N-methyl/N-ethyl adjacent to an activating group) is 1. The van der Waals surface area contributed by atoms with Crippen LogP contribution in [0.15, 0.2) is 12.1 Å². The molecule has 1 unspecified atom stereocenters. The molecular formula is C10H17ClN4. The van der Waals surface area contributed by atoms with Gasteiger partial charge < -0.3 is 16.0 Å². The van der Waals surface area contributed by atoms with Gasteiger partial charge in [0.25, 0.3) is 0 Å². The van der Waals surface area contributed by atoms with Crippen molar-refractivity contribution in [2.24, 2.45) is 0 Å². The molecule has 0 radical (unpaired) electrons. The first kappa shape index (κ1) is 12.1. The number of hydrogen-bond donors (Lipinski definition) is 2. The van der Waals surface area contributed by atoms with Crippen molar-refractivity contribution in [2.75, 3.05) is 31.7 Å². The van der Waals surface area contributed by atoms with Crippen LogP contribution in [0.1, 0.15) is 6.92 Å². The summed E-state index contributed by atoms with van der Waals surface area (Å²) >= 11 is 5.79. The molecule has 1 aromatic heterocycles. The van der Waals surface area contributed by atoms with E-state index in [1.807, 2.05) is 14.1 Å². The van der Waals surface area contributed by atoms with Crippen LogP contribution in [0.5, 0.6) is 0 Å². The van der Waals surface area contributed by atoms with E-state index < -0.39 is 0 Å². The van der Waals surface area contributed by atoms with Gasteiger partial charge in [-0.2, -0.15) is 0 Å². The molecule has 5 heteroatoms. The molecule has 0 aliphatic rings. The van der Waals surface area contributed by atoms with Crippen LogP contribution in [-0.4, -0.2) is 36.6 Å². The van der Waals surface area contributed by atoms with Gasteiger partial charge in [-0.15, -0.1) is 0 Å². The van der Waals surface area contributed by atoms with E-state index in [9.17, 15) is 0 Å². The number of anilines is 2. The number of nitrogens with zero attached hydrogens (tertiary/aromatic N) is 2. The minimum atomic E-state index is 0.272. The zero-order valence-corrected chi connectivity index (χ0v) is 10.0. The van der Waals surface area contributed by atoms with Crippen LogP contribution >= 0.6 is 11.6 Å². The Morgan fingerprint density at radius 1 is 1.53 bits per heavy atom. The lowest BCUT2D eigenvalue weighted by Gasteiger charge is -2.19. The molecule has 0 saturated heterocycles. The maximum atomic E-state index is 5.79. The molecule has 0 saturated carbocycles. The number of aromatic nitrogens is 1. The van der Waals surface area contributed by atoms with E-state index >= 15 is 0 Å². The van der Waals surface area contributed by atoms with Crippen molar-refractivity contribution >= 4 is 23.1 Å². The lowest BCUT2D eigenvalue weighted by Crippen LogP contribution is -2.30. The highest BCUT2D eigenvalue weighted by Crippen LogP contribution is 2.18. The van der Waals surface area contributed by atoms with Crippen molar-refractivity contribution in [3.63, 3.8) is 0 Å². The molecule has 1 heterocycles. The van der Waals surface area contributed by atoms with Gasteiger partial charge in [-0.3, -0.25) is 0 Å². The summed E-state index contributed by atoms with van der Waals surface area (Å²) in [5.41, 5.74) is 6.39. The number of nitrogens with two attached hydrogens (primary N) is 1.